The van der Waals surface area contributed by atoms with E-state index >= 15 is 0 Å². The molecule has 3 fully saturated rings. The number of carbonyl (C=O) groups excluding carboxylic acids is 1. The topological polar surface area (TPSA) is 81.3 Å². The summed E-state index contributed by atoms with van der Waals surface area (Å²) in [7, 11) is 0. The van der Waals surface area contributed by atoms with Crippen molar-refractivity contribution in [2.24, 2.45) is 11.8 Å². The van der Waals surface area contributed by atoms with E-state index in [1.165, 1.54) is 0 Å². The second-order valence-electron chi connectivity index (χ2n) is 8.22. The van der Waals surface area contributed by atoms with E-state index in [0.29, 0.717) is 17.9 Å². The Bertz CT molecular complexity index is 737. The van der Waals surface area contributed by atoms with Crippen LogP contribution in [0.15, 0.2) is 36.2 Å². The molecule has 1 aromatic heterocycles. The molecule has 1 aliphatic carbocycles. The van der Waals surface area contributed by atoms with Crippen molar-refractivity contribution in [3.8, 4) is 0 Å². The van der Waals surface area contributed by atoms with Crippen LogP contribution >= 0.6 is 0 Å². The molecule has 0 aromatic carbocycles. The van der Waals surface area contributed by atoms with Gasteiger partial charge in [-0.05, 0) is 49.7 Å². The first-order chi connectivity index (χ1) is 13.2. The lowest BCUT2D eigenvalue weighted by atomic mass is 9.77. The monoisotopic (exact) mass is 368 g/mol. The van der Waals surface area contributed by atoms with Gasteiger partial charge in [-0.1, -0.05) is 13.0 Å². The lowest BCUT2D eigenvalue weighted by molar-refractivity contribution is -0.131. The van der Waals surface area contributed by atoms with E-state index in [4.69, 9.17) is 0 Å². The molecule has 6 atom stereocenters. The number of fused-ring (bicyclic) bond motifs is 2. The maximum atomic E-state index is 12.9. The molecule has 6 unspecified atom stereocenters. The molecule has 3 aliphatic heterocycles. The number of amides is 1. The van der Waals surface area contributed by atoms with Crippen molar-refractivity contribution < 1.29 is 4.79 Å². The van der Waals surface area contributed by atoms with Gasteiger partial charge in [-0.3, -0.25) is 25.6 Å². The summed E-state index contributed by atoms with van der Waals surface area (Å²) < 4.78 is 0. The number of allylic oxidation sites excluding steroid dienone is 1. The standard InChI is InChI=1S/C20H28N6O/c1-2-14-19(16-5-3-4-8-21-16)20-23-17(10-18(27)26(20)25-14)12-6-7-15-13(9-12)11-22-24-15/h3-5,8,10,12-15,19-20,22-25H,2,6-7,9,11H2,1H3. The second-order valence-corrected chi connectivity index (χ2v) is 8.22. The quantitative estimate of drug-likeness (QED) is 0.637. The van der Waals surface area contributed by atoms with Crippen LogP contribution in [0.1, 0.15) is 44.2 Å². The summed E-state index contributed by atoms with van der Waals surface area (Å²) in [5, 5.41) is 5.51. The molecule has 0 radical (unpaired) electrons. The molecule has 1 amide bonds. The predicted octanol–water partition coefficient (Wildman–Crippen LogP) is 0.997. The Balaban J connectivity index is 1.40. The molecule has 144 valence electrons. The summed E-state index contributed by atoms with van der Waals surface area (Å²) in [5.74, 6) is 1.30. The number of nitrogens with zero attached hydrogens (tertiary/aromatic N) is 2. The number of rotatable bonds is 3. The number of hydrogen-bond donors (Lipinski definition) is 4. The molecule has 4 aliphatic rings. The molecule has 2 saturated heterocycles. The Hall–Kier alpha value is -1.96. The smallest absolute Gasteiger partial charge is 0.264 e. The van der Waals surface area contributed by atoms with Gasteiger partial charge >= 0.3 is 0 Å². The number of nitrogens with one attached hydrogen (secondary N) is 4. The number of pyridine rings is 1. The zero-order valence-corrected chi connectivity index (χ0v) is 15.7. The van der Waals surface area contributed by atoms with E-state index < -0.39 is 0 Å². The van der Waals surface area contributed by atoms with Crippen LogP contribution in [0.5, 0.6) is 0 Å². The molecule has 4 heterocycles. The van der Waals surface area contributed by atoms with Crippen molar-refractivity contribution in [3.63, 3.8) is 0 Å². The minimum atomic E-state index is -0.0742. The molecular weight excluding hydrogens is 340 g/mol. The summed E-state index contributed by atoms with van der Waals surface area (Å²) >= 11 is 0. The molecular formula is C20H28N6O. The SMILES string of the molecule is CCC1NN2C(=O)C=C(C3CCC4NNCC4C3)NC2C1c1ccccn1. The highest BCUT2D eigenvalue weighted by Crippen LogP contribution is 2.39. The van der Waals surface area contributed by atoms with Gasteiger partial charge in [0.2, 0.25) is 0 Å². The first-order valence-electron chi connectivity index (χ1n) is 10.2. The molecule has 27 heavy (non-hydrogen) atoms. The van der Waals surface area contributed by atoms with Gasteiger partial charge in [-0.2, -0.15) is 0 Å². The zero-order valence-electron chi connectivity index (χ0n) is 15.7. The van der Waals surface area contributed by atoms with Crippen molar-refractivity contribution in [1.29, 1.82) is 0 Å². The number of hydrazine groups is 2. The molecule has 0 spiro atoms. The Labute approximate surface area is 159 Å². The fourth-order valence-corrected chi connectivity index (χ4v) is 5.30. The van der Waals surface area contributed by atoms with E-state index in [9.17, 15) is 4.79 Å². The number of carbonyl (C=O) groups is 1. The molecule has 0 bridgehead atoms. The van der Waals surface area contributed by atoms with Gasteiger partial charge in [0.05, 0.1) is 5.92 Å². The highest BCUT2D eigenvalue weighted by molar-refractivity contribution is 5.89. The fourth-order valence-electron chi connectivity index (χ4n) is 5.30. The van der Waals surface area contributed by atoms with Gasteiger partial charge in [0.1, 0.15) is 6.17 Å². The highest BCUT2D eigenvalue weighted by atomic mass is 16.2. The minimum absolute atomic E-state index is 0.0652. The van der Waals surface area contributed by atoms with Gasteiger partial charge in [0.25, 0.3) is 5.91 Å². The average Bonchev–Trinajstić information content (AvgIpc) is 3.32. The maximum absolute atomic E-state index is 12.9. The summed E-state index contributed by atoms with van der Waals surface area (Å²) in [6.07, 6.45) is 7.93. The van der Waals surface area contributed by atoms with Crippen LogP contribution in [-0.4, -0.2) is 40.7 Å². The third-order valence-electron chi connectivity index (χ3n) is 6.73. The predicted molar refractivity (Wildman–Crippen MR) is 102 cm³/mol. The molecule has 1 aromatic rings. The van der Waals surface area contributed by atoms with Crippen molar-refractivity contribution in [2.75, 3.05) is 6.54 Å². The Morgan fingerprint density at radius 2 is 2.22 bits per heavy atom. The van der Waals surface area contributed by atoms with Crippen LogP contribution in [0, 0.1) is 11.8 Å². The molecule has 7 heteroatoms. The summed E-state index contributed by atoms with van der Waals surface area (Å²) in [6, 6.07) is 6.83. The van der Waals surface area contributed by atoms with Crippen LogP contribution in [0.3, 0.4) is 0 Å². The van der Waals surface area contributed by atoms with E-state index in [2.05, 4.69) is 39.6 Å². The first-order valence-corrected chi connectivity index (χ1v) is 10.2. The normalized spacial score (nSPS) is 38.2. The van der Waals surface area contributed by atoms with Crippen molar-refractivity contribution in [3.05, 3.63) is 41.9 Å². The molecule has 7 nitrogen and oxygen atoms in total. The van der Waals surface area contributed by atoms with Gasteiger partial charge in [-0.25, -0.2) is 5.43 Å². The van der Waals surface area contributed by atoms with Crippen LogP contribution in [0.4, 0.5) is 0 Å². The van der Waals surface area contributed by atoms with Crippen LogP contribution in [0.2, 0.25) is 0 Å². The van der Waals surface area contributed by atoms with Crippen molar-refractivity contribution >= 4 is 5.91 Å². The Kier molecular flexibility index (Phi) is 4.38. The minimum Gasteiger partial charge on any atom is -0.366 e. The Morgan fingerprint density at radius 3 is 3.04 bits per heavy atom. The maximum Gasteiger partial charge on any atom is 0.264 e. The third-order valence-corrected chi connectivity index (χ3v) is 6.73. The largest absolute Gasteiger partial charge is 0.366 e. The number of aromatic nitrogens is 1. The van der Waals surface area contributed by atoms with Gasteiger partial charge in [0.15, 0.2) is 0 Å². The first kappa shape index (κ1) is 17.2. The molecule has 5 rings (SSSR count). The van der Waals surface area contributed by atoms with Gasteiger partial charge in [0, 0.05) is 42.3 Å². The summed E-state index contributed by atoms with van der Waals surface area (Å²) in [6.45, 7) is 3.18. The van der Waals surface area contributed by atoms with Gasteiger partial charge < -0.3 is 5.32 Å². The van der Waals surface area contributed by atoms with Crippen LogP contribution < -0.4 is 21.6 Å². The summed E-state index contributed by atoms with van der Waals surface area (Å²) in [4.78, 5) is 17.5. The molecule has 4 N–H and O–H groups in total. The van der Waals surface area contributed by atoms with E-state index in [1.807, 2.05) is 24.4 Å². The summed E-state index contributed by atoms with van der Waals surface area (Å²) in [5.41, 5.74) is 12.3. The van der Waals surface area contributed by atoms with Crippen molar-refractivity contribution in [2.45, 2.75) is 56.8 Å². The lowest BCUT2D eigenvalue weighted by Gasteiger charge is -2.38. The van der Waals surface area contributed by atoms with Gasteiger partial charge in [-0.15, -0.1) is 0 Å². The van der Waals surface area contributed by atoms with E-state index in [0.717, 1.165) is 43.6 Å². The number of hydrogen-bond acceptors (Lipinski definition) is 6. The molecule has 1 saturated carbocycles. The van der Waals surface area contributed by atoms with Crippen LogP contribution in [-0.2, 0) is 4.79 Å². The third kappa shape index (κ3) is 2.94. The van der Waals surface area contributed by atoms with Crippen LogP contribution in [0.25, 0.3) is 0 Å². The second kappa shape index (κ2) is 6.89. The Morgan fingerprint density at radius 1 is 1.30 bits per heavy atom. The fraction of sp³-hybridized carbons (Fsp3) is 0.600. The average molecular weight is 368 g/mol. The van der Waals surface area contributed by atoms with E-state index in [1.54, 1.807) is 5.01 Å². The lowest BCUT2D eigenvalue weighted by Crippen LogP contribution is -2.54. The zero-order chi connectivity index (χ0) is 18.4. The highest BCUT2D eigenvalue weighted by Gasteiger charge is 2.47. The van der Waals surface area contributed by atoms with E-state index in [-0.39, 0.29) is 24.0 Å². The van der Waals surface area contributed by atoms with Crippen molar-refractivity contribution in [1.82, 2.24) is 31.6 Å².